The standard InChI is InChI=1S/C11H24O4/c1-2-13-7-4-3-5-8-14-10-11-15-9-6-12/h12H,2-11H2,1H3. The molecule has 92 valence electrons. The maximum absolute atomic E-state index is 8.43. The van der Waals surface area contributed by atoms with E-state index in [1.165, 1.54) is 0 Å². The van der Waals surface area contributed by atoms with Crippen LogP contribution in [0.5, 0.6) is 0 Å². The Balaban J connectivity index is 2.81. The highest BCUT2D eigenvalue weighted by molar-refractivity contribution is 4.40. The first-order valence-electron chi connectivity index (χ1n) is 5.76. The highest BCUT2D eigenvalue weighted by Crippen LogP contribution is 1.96. The summed E-state index contributed by atoms with van der Waals surface area (Å²) in [5, 5.41) is 8.43. The molecule has 0 amide bonds. The van der Waals surface area contributed by atoms with Gasteiger partial charge in [-0.05, 0) is 26.2 Å². The Kier molecular flexibility index (Phi) is 13.7. The fraction of sp³-hybridized carbons (Fsp3) is 1.00. The second-order valence-electron chi connectivity index (χ2n) is 3.21. The Labute approximate surface area is 92.5 Å². The summed E-state index contributed by atoms with van der Waals surface area (Å²) in [5.41, 5.74) is 0. The molecule has 0 atom stereocenters. The maximum atomic E-state index is 8.43. The lowest BCUT2D eigenvalue weighted by Gasteiger charge is -2.04. The summed E-state index contributed by atoms with van der Waals surface area (Å²) < 4.78 is 15.6. The van der Waals surface area contributed by atoms with Gasteiger partial charge in [0.1, 0.15) is 0 Å². The molecule has 0 heterocycles. The highest BCUT2D eigenvalue weighted by Gasteiger charge is 1.91. The average molecular weight is 220 g/mol. The van der Waals surface area contributed by atoms with Gasteiger partial charge >= 0.3 is 0 Å². The van der Waals surface area contributed by atoms with Gasteiger partial charge in [-0.1, -0.05) is 0 Å². The van der Waals surface area contributed by atoms with Gasteiger partial charge in [-0.3, -0.25) is 0 Å². The van der Waals surface area contributed by atoms with Crippen molar-refractivity contribution in [3.05, 3.63) is 0 Å². The van der Waals surface area contributed by atoms with E-state index >= 15 is 0 Å². The summed E-state index contributed by atoms with van der Waals surface area (Å²) in [6.07, 6.45) is 3.34. The molecule has 0 spiro atoms. The Morgan fingerprint density at radius 3 is 1.93 bits per heavy atom. The fourth-order valence-corrected chi connectivity index (χ4v) is 1.12. The molecule has 0 saturated heterocycles. The van der Waals surface area contributed by atoms with Crippen molar-refractivity contribution in [2.45, 2.75) is 26.2 Å². The van der Waals surface area contributed by atoms with E-state index in [4.69, 9.17) is 19.3 Å². The van der Waals surface area contributed by atoms with Gasteiger partial charge < -0.3 is 19.3 Å². The molecule has 0 aromatic rings. The van der Waals surface area contributed by atoms with Crippen molar-refractivity contribution in [2.75, 3.05) is 46.2 Å². The van der Waals surface area contributed by atoms with Crippen LogP contribution in [-0.4, -0.2) is 51.4 Å². The largest absolute Gasteiger partial charge is 0.394 e. The SMILES string of the molecule is CCOCCCCCOCCOCCO. The first kappa shape index (κ1) is 14.8. The van der Waals surface area contributed by atoms with E-state index < -0.39 is 0 Å². The Bertz CT molecular complexity index is 96.8. The third-order valence-corrected chi connectivity index (χ3v) is 1.89. The van der Waals surface area contributed by atoms with Crippen LogP contribution in [0.2, 0.25) is 0 Å². The fourth-order valence-electron chi connectivity index (χ4n) is 1.12. The smallest absolute Gasteiger partial charge is 0.0701 e. The molecule has 0 radical (unpaired) electrons. The van der Waals surface area contributed by atoms with E-state index in [1.54, 1.807) is 0 Å². The van der Waals surface area contributed by atoms with Gasteiger partial charge in [0.2, 0.25) is 0 Å². The summed E-state index contributed by atoms with van der Waals surface area (Å²) in [5.74, 6) is 0. The van der Waals surface area contributed by atoms with Gasteiger partial charge in [0, 0.05) is 19.8 Å². The third-order valence-electron chi connectivity index (χ3n) is 1.89. The number of unbranched alkanes of at least 4 members (excludes halogenated alkanes) is 2. The molecule has 15 heavy (non-hydrogen) atoms. The van der Waals surface area contributed by atoms with Crippen LogP contribution in [0.25, 0.3) is 0 Å². The molecule has 0 aromatic carbocycles. The van der Waals surface area contributed by atoms with Gasteiger partial charge in [0.25, 0.3) is 0 Å². The summed E-state index contributed by atoms with van der Waals surface area (Å²) in [6.45, 7) is 6.12. The number of aliphatic hydroxyl groups is 1. The topological polar surface area (TPSA) is 47.9 Å². The second kappa shape index (κ2) is 13.8. The zero-order valence-electron chi connectivity index (χ0n) is 9.74. The summed E-state index contributed by atoms with van der Waals surface area (Å²) in [6, 6.07) is 0. The van der Waals surface area contributed by atoms with E-state index in [9.17, 15) is 0 Å². The van der Waals surface area contributed by atoms with Crippen LogP contribution in [0.3, 0.4) is 0 Å². The molecule has 4 heteroatoms. The lowest BCUT2D eigenvalue weighted by atomic mass is 10.2. The van der Waals surface area contributed by atoms with Gasteiger partial charge in [0.05, 0.1) is 26.4 Å². The van der Waals surface area contributed by atoms with Gasteiger partial charge in [-0.2, -0.15) is 0 Å². The summed E-state index contributed by atoms with van der Waals surface area (Å²) >= 11 is 0. The number of rotatable bonds is 12. The first-order valence-corrected chi connectivity index (χ1v) is 5.76. The van der Waals surface area contributed by atoms with Crippen LogP contribution in [-0.2, 0) is 14.2 Å². The van der Waals surface area contributed by atoms with Crippen LogP contribution in [0.15, 0.2) is 0 Å². The molecule has 0 aliphatic rings. The van der Waals surface area contributed by atoms with E-state index in [0.29, 0.717) is 19.8 Å². The lowest BCUT2D eigenvalue weighted by molar-refractivity contribution is 0.0316. The molecule has 0 unspecified atom stereocenters. The second-order valence-corrected chi connectivity index (χ2v) is 3.21. The average Bonchev–Trinajstić information content (AvgIpc) is 2.26. The quantitative estimate of drug-likeness (QED) is 0.502. The number of aliphatic hydroxyl groups excluding tert-OH is 1. The van der Waals surface area contributed by atoms with E-state index in [2.05, 4.69) is 0 Å². The molecule has 0 aliphatic carbocycles. The zero-order valence-corrected chi connectivity index (χ0v) is 9.74. The molecule has 0 rings (SSSR count). The monoisotopic (exact) mass is 220 g/mol. The molecule has 4 nitrogen and oxygen atoms in total. The normalized spacial score (nSPS) is 10.8. The van der Waals surface area contributed by atoms with Crippen molar-refractivity contribution in [3.8, 4) is 0 Å². The van der Waals surface area contributed by atoms with Crippen molar-refractivity contribution in [1.29, 1.82) is 0 Å². The minimum absolute atomic E-state index is 0.0808. The molecule has 0 bridgehead atoms. The van der Waals surface area contributed by atoms with Crippen molar-refractivity contribution in [2.24, 2.45) is 0 Å². The molecule has 0 aromatic heterocycles. The highest BCUT2D eigenvalue weighted by atomic mass is 16.5. The lowest BCUT2D eigenvalue weighted by Crippen LogP contribution is -2.08. The van der Waals surface area contributed by atoms with E-state index in [-0.39, 0.29) is 6.61 Å². The molecule has 0 aliphatic heterocycles. The van der Waals surface area contributed by atoms with Crippen molar-refractivity contribution >= 4 is 0 Å². The molecule has 1 N–H and O–H groups in total. The van der Waals surface area contributed by atoms with Crippen LogP contribution < -0.4 is 0 Å². The summed E-state index contributed by atoms with van der Waals surface area (Å²) in [4.78, 5) is 0. The van der Waals surface area contributed by atoms with Crippen molar-refractivity contribution in [1.82, 2.24) is 0 Å². The predicted molar refractivity (Wildman–Crippen MR) is 59.1 cm³/mol. The van der Waals surface area contributed by atoms with Crippen molar-refractivity contribution < 1.29 is 19.3 Å². The van der Waals surface area contributed by atoms with Crippen molar-refractivity contribution in [3.63, 3.8) is 0 Å². The van der Waals surface area contributed by atoms with E-state index in [1.807, 2.05) is 6.92 Å². The van der Waals surface area contributed by atoms with Gasteiger partial charge in [-0.15, -0.1) is 0 Å². The van der Waals surface area contributed by atoms with Crippen LogP contribution in [0, 0.1) is 0 Å². The van der Waals surface area contributed by atoms with Gasteiger partial charge in [-0.25, -0.2) is 0 Å². The van der Waals surface area contributed by atoms with Gasteiger partial charge in [0.15, 0.2) is 0 Å². The van der Waals surface area contributed by atoms with Crippen LogP contribution in [0.4, 0.5) is 0 Å². The minimum atomic E-state index is 0.0808. The van der Waals surface area contributed by atoms with E-state index in [0.717, 1.165) is 39.1 Å². The van der Waals surface area contributed by atoms with Crippen LogP contribution in [0.1, 0.15) is 26.2 Å². The maximum Gasteiger partial charge on any atom is 0.0701 e. The Morgan fingerprint density at radius 1 is 0.733 bits per heavy atom. The minimum Gasteiger partial charge on any atom is -0.394 e. The summed E-state index contributed by atoms with van der Waals surface area (Å²) in [7, 11) is 0. The molecular formula is C11H24O4. The number of ether oxygens (including phenoxy) is 3. The zero-order chi connectivity index (χ0) is 11.2. The molecule has 0 fully saturated rings. The molecule has 0 saturated carbocycles. The number of hydrogen-bond acceptors (Lipinski definition) is 4. The number of hydrogen-bond donors (Lipinski definition) is 1. The Hall–Kier alpha value is -0.160. The third kappa shape index (κ3) is 13.8. The Morgan fingerprint density at radius 2 is 1.33 bits per heavy atom. The molecular weight excluding hydrogens is 196 g/mol. The first-order chi connectivity index (χ1) is 7.41. The van der Waals surface area contributed by atoms with Crippen LogP contribution >= 0.6 is 0 Å². The predicted octanol–water partition coefficient (Wildman–Crippen LogP) is 1.22.